The van der Waals surface area contributed by atoms with Crippen molar-refractivity contribution in [2.75, 3.05) is 13.1 Å². The van der Waals surface area contributed by atoms with Crippen LogP contribution in [0.1, 0.15) is 25.7 Å². The van der Waals surface area contributed by atoms with Crippen molar-refractivity contribution in [1.82, 2.24) is 14.9 Å². The molecule has 4 N–H and O–H groups in total. The van der Waals surface area contributed by atoms with Gasteiger partial charge in [-0.1, -0.05) is 12.8 Å². The monoisotopic (exact) mass is 258 g/mol. The van der Waals surface area contributed by atoms with E-state index in [1.807, 2.05) is 0 Å². The van der Waals surface area contributed by atoms with E-state index >= 15 is 0 Å². The Bertz CT molecular complexity index is 449. The van der Waals surface area contributed by atoms with Gasteiger partial charge in [0.25, 0.3) is 0 Å². The maximum absolute atomic E-state index is 11.9. The molecule has 1 aliphatic carbocycles. The number of hydrogen-bond acceptors (Lipinski definition) is 4. The molecule has 0 atom stereocenters. The fourth-order valence-corrected chi connectivity index (χ4v) is 3.36. The van der Waals surface area contributed by atoms with Crippen LogP contribution in [-0.4, -0.2) is 31.7 Å². The van der Waals surface area contributed by atoms with Crippen LogP contribution in [0.25, 0.3) is 0 Å². The van der Waals surface area contributed by atoms with Crippen LogP contribution in [0.2, 0.25) is 0 Å². The lowest BCUT2D eigenvalue weighted by molar-refractivity contribution is 0.309. The van der Waals surface area contributed by atoms with Gasteiger partial charge in [-0.15, -0.1) is 0 Å². The highest BCUT2D eigenvalue weighted by Crippen LogP contribution is 2.36. The van der Waals surface area contributed by atoms with E-state index < -0.39 is 10.0 Å². The van der Waals surface area contributed by atoms with E-state index in [-0.39, 0.29) is 10.3 Å². The minimum atomic E-state index is -3.45. The van der Waals surface area contributed by atoms with Crippen LogP contribution in [0.5, 0.6) is 0 Å². The van der Waals surface area contributed by atoms with Gasteiger partial charge in [-0.2, -0.15) is 5.10 Å². The lowest BCUT2D eigenvalue weighted by Gasteiger charge is -2.27. The molecule has 17 heavy (non-hydrogen) atoms. The summed E-state index contributed by atoms with van der Waals surface area (Å²) >= 11 is 0. The lowest BCUT2D eigenvalue weighted by Crippen LogP contribution is -2.40. The summed E-state index contributed by atoms with van der Waals surface area (Å²) in [5.74, 6) is 0. The Kier molecular flexibility index (Phi) is 3.50. The van der Waals surface area contributed by atoms with Crippen LogP contribution >= 0.6 is 0 Å². The summed E-state index contributed by atoms with van der Waals surface area (Å²) in [6.45, 7) is 0.942. The molecule has 1 aromatic rings. The Morgan fingerprint density at radius 2 is 2.18 bits per heavy atom. The summed E-state index contributed by atoms with van der Waals surface area (Å²) in [6, 6.07) is 0. The van der Waals surface area contributed by atoms with Gasteiger partial charge in [0.2, 0.25) is 10.0 Å². The number of rotatable bonds is 5. The summed E-state index contributed by atoms with van der Waals surface area (Å²) < 4.78 is 26.4. The minimum absolute atomic E-state index is 0.0587. The molecule has 0 aliphatic heterocycles. The maximum Gasteiger partial charge on any atom is 0.243 e. The van der Waals surface area contributed by atoms with Crippen molar-refractivity contribution in [2.24, 2.45) is 11.1 Å². The van der Waals surface area contributed by atoms with Gasteiger partial charge < -0.3 is 5.73 Å². The molecule has 1 heterocycles. The second-order valence-electron chi connectivity index (χ2n) is 4.67. The second kappa shape index (κ2) is 4.75. The van der Waals surface area contributed by atoms with E-state index in [1.54, 1.807) is 0 Å². The number of hydrogen-bond donors (Lipinski definition) is 3. The number of nitrogens with zero attached hydrogens (tertiary/aromatic N) is 1. The van der Waals surface area contributed by atoms with Gasteiger partial charge in [-0.3, -0.25) is 5.10 Å². The van der Waals surface area contributed by atoms with Crippen molar-refractivity contribution in [3.05, 3.63) is 12.4 Å². The highest BCUT2D eigenvalue weighted by Gasteiger charge is 2.33. The third-order valence-corrected chi connectivity index (χ3v) is 4.89. The number of H-pyrrole nitrogens is 1. The molecule has 0 amide bonds. The zero-order chi connectivity index (χ0) is 12.4. The third kappa shape index (κ3) is 2.67. The highest BCUT2D eigenvalue weighted by molar-refractivity contribution is 7.89. The van der Waals surface area contributed by atoms with Gasteiger partial charge in [-0.05, 0) is 24.8 Å². The normalized spacial score (nSPS) is 19.6. The largest absolute Gasteiger partial charge is 0.330 e. The van der Waals surface area contributed by atoms with Crippen LogP contribution in [-0.2, 0) is 10.0 Å². The first-order chi connectivity index (χ1) is 8.08. The SMILES string of the molecule is NCC1(CNS(=O)(=O)c2cn[nH]c2)CCCC1. The molecule has 1 aliphatic rings. The number of nitrogens with two attached hydrogens (primary N) is 1. The molecule has 6 nitrogen and oxygen atoms in total. The summed E-state index contributed by atoms with van der Waals surface area (Å²) in [6.07, 6.45) is 6.92. The average molecular weight is 258 g/mol. The van der Waals surface area contributed by atoms with Gasteiger partial charge in [0.1, 0.15) is 4.90 Å². The molecule has 1 saturated carbocycles. The van der Waals surface area contributed by atoms with Gasteiger partial charge in [-0.25, -0.2) is 13.1 Å². The molecule has 7 heteroatoms. The van der Waals surface area contributed by atoms with Crippen LogP contribution < -0.4 is 10.5 Å². The van der Waals surface area contributed by atoms with Gasteiger partial charge in [0.15, 0.2) is 0 Å². The Balaban J connectivity index is 2.02. The minimum Gasteiger partial charge on any atom is -0.330 e. The zero-order valence-electron chi connectivity index (χ0n) is 9.65. The van der Waals surface area contributed by atoms with Crippen molar-refractivity contribution < 1.29 is 8.42 Å². The van der Waals surface area contributed by atoms with Crippen LogP contribution in [0.15, 0.2) is 17.3 Å². The number of sulfonamides is 1. The fourth-order valence-electron chi connectivity index (χ4n) is 2.30. The van der Waals surface area contributed by atoms with E-state index in [9.17, 15) is 8.42 Å². The first kappa shape index (κ1) is 12.5. The summed E-state index contributed by atoms with van der Waals surface area (Å²) in [4.78, 5) is 0.169. The van der Waals surface area contributed by atoms with Crippen LogP contribution in [0.4, 0.5) is 0 Å². The van der Waals surface area contributed by atoms with Crippen molar-refractivity contribution in [1.29, 1.82) is 0 Å². The molecule has 0 radical (unpaired) electrons. The summed E-state index contributed by atoms with van der Waals surface area (Å²) in [5, 5.41) is 6.13. The van der Waals surface area contributed by atoms with E-state index in [0.29, 0.717) is 13.1 Å². The molecular formula is C10H18N4O2S. The van der Waals surface area contributed by atoms with E-state index in [2.05, 4.69) is 14.9 Å². The number of aromatic nitrogens is 2. The van der Waals surface area contributed by atoms with E-state index in [0.717, 1.165) is 25.7 Å². The molecule has 1 fully saturated rings. The molecular weight excluding hydrogens is 240 g/mol. The van der Waals surface area contributed by atoms with Crippen LogP contribution in [0.3, 0.4) is 0 Å². The maximum atomic E-state index is 11.9. The van der Waals surface area contributed by atoms with Gasteiger partial charge >= 0.3 is 0 Å². The molecule has 0 aromatic carbocycles. The predicted octanol–water partition coefficient (Wildman–Crippen LogP) is 0.207. The molecule has 0 saturated heterocycles. The Labute approximate surface area is 101 Å². The molecule has 0 bridgehead atoms. The van der Waals surface area contributed by atoms with Crippen molar-refractivity contribution in [3.8, 4) is 0 Å². The third-order valence-electron chi connectivity index (χ3n) is 3.52. The predicted molar refractivity (Wildman–Crippen MR) is 63.7 cm³/mol. The molecule has 96 valence electrons. The molecule has 2 rings (SSSR count). The fraction of sp³-hybridized carbons (Fsp3) is 0.700. The molecule has 0 spiro atoms. The Morgan fingerprint density at radius 3 is 2.71 bits per heavy atom. The summed E-state index contributed by atoms with van der Waals surface area (Å²) in [7, 11) is -3.45. The average Bonchev–Trinajstić information content (AvgIpc) is 2.99. The smallest absolute Gasteiger partial charge is 0.243 e. The Hall–Kier alpha value is -0.920. The van der Waals surface area contributed by atoms with Crippen molar-refractivity contribution >= 4 is 10.0 Å². The van der Waals surface area contributed by atoms with Crippen molar-refractivity contribution in [2.45, 2.75) is 30.6 Å². The van der Waals surface area contributed by atoms with E-state index in [1.165, 1.54) is 12.4 Å². The Morgan fingerprint density at radius 1 is 1.47 bits per heavy atom. The van der Waals surface area contributed by atoms with Gasteiger partial charge in [0, 0.05) is 12.7 Å². The van der Waals surface area contributed by atoms with Gasteiger partial charge in [0.05, 0.1) is 6.20 Å². The second-order valence-corrected chi connectivity index (χ2v) is 6.44. The number of nitrogens with one attached hydrogen (secondary N) is 2. The first-order valence-corrected chi connectivity index (χ1v) is 7.25. The van der Waals surface area contributed by atoms with Crippen molar-refractivity contribution in [3.63, 3.8) is 0 Å². The van der Waals surface area contributed by atoms with E-state index in [4.69, 9.17) is 5.73 Å². The summed E-state index contributed by atoms with van der Waals surface area (Å²) in [5.41, 5.74) is 5.70. The quantitative estimate of drug-likeness (QED) is 0.702. The lowest BCUT2D eigenvalue weighted by atomic mass is 9.87. The first-order valence-electron chi connectivity index (χ1n) is 5.77. The number of aromatic amines is 1. The zero-order valence-corrected chi connectivity index (χ0v) is 10.5. The molecule has 0 unspecified atom stereocenters. The highest BCUT2D eigenvalue weighted by atomic mass is 32.2. The molecule has 1 aromatic heterocycles. The topological polar surface area (TPSA) is 101 Å². The van der Waals surface area contributed by atoms with Crippen LogP contribution in [0, 0.1) is 5.41 Å². The standard InChI is InChI=1S/C10H18N4O2S/c11-7-10(3-1-2-4-10)8-14-17(15,16)9-5-12-13-6-9/h5-6,14H,1-4,7-8,11H2,(H,12,13).